The first kappa shape index (κ1) is 12.5. The summed E-state index contributed by atoms with van der Waals surface area (Å²) in [5.41, 5.74) is 0. The van der Waals surface area contributed by atoms with E-state index in [2.05, 4.69) is 23.8 Å². The second-order valence-corrected chi connectivity index (χ2v) is 5.56. The molecule has 1 fully saturated rings. The summed E-state index contributed by atoms with van der Waals surface area (Å²) in [5, 5.41) is 11.3. The Labute approximate surface area is 105 Å². The maximum Gasteiger partial charge on any atom is 0.326 e. The summed E-state index contributed by atoms with van der Waals surface area (Å²) in [6.45, 7) is 4.69. The zero-order valence-corrected chi connectivity index (χ0v) is 11.0. The second-order valence-electron chi connectivity index (χ2n) is 4.58. The predicted molar refractivity (Wildman–Crippen MR) is 68.4 cm³/mol. The van der Waals surface area contributed by atoms with Crippen molar-refractivity contribution in [3.8, 4) is 0 Å². The summed E-state index contributed by atoms with van der Waals surface area (Å²) in [6.07, 6.45) is 0. The molecule has 0 spiro atoms. The number of carbonyl (C=O) groups is 1. The summed E-state index contributed by atoms with van der Waals surface area (Å²) in [5.74, 6) is -0.746. The van der Waals surface area contributed by atoms with Gasteiger partial charge in [0.15, 0.2) is 0 Å². The van der Waals surface area contributed by atoms with Crippen LogP contribution in [0.25, 0.3) is 0 Å². The highest BCUT2D eigenvalue weighted by atomic mass is 32.1. The van der Waals surface area contributed by atoms with E-state index in [0.717, 1.165) is 24.5 Å². The van der Waals surface area contributed by atoms with E-state index in [1.807, 2.05) is 17.5 Å². The standard InChI is InChI=1S/C12H18N2O2S/c1-9-8-14(6-5-13(9)2)11(12(15)16)10-4-3-7-17-10/h3-4,7,9,11H,5-6,8H2,1-2H3,(H,15,16). The smallest absolute Gasteiger partial charge is 0.326 e. The fourth-order valence-corrected chi connectivity index (χ4v) is 3.07. The molecule has 0 aromatic carbocycles. The number of carboxylic acid groups (broad SMARTS) is 1. The molecule has 2 unspecified atom stereocenters. The third kappa shape index (κ3) is 2.68. The van der Waals surface area contributed by atoms with E-state index in [4.69, 9.17) is 0 Å². The fraction of sp³-hybridized carbons (Fsp3) is 0.583. The maximum atomic E-state index is 11.4. The summed E-state index contributed by atoms with van der Waals surface area (Å²) < 4.78 is 0. The van der Waals surface area contributed by atoms with E-state index >= 15 is 0 Å². The molecule has 1 N–H and O–H groups in total. The fourth-order valence-electron chi connectivity index (χ4n) is 2.22. The molecule has 2 rings (SSSR count). The first-order chi connectivity index (χ1) is 8.09. The van der Waals surface area contributed by atoms with E-state index in [9.17, 15) is 9.90 Å². The number of thiophene rings is 1. The van der Waals surface area contributed by atoms with E-state index in [1.54, 1.807) is 0 Å². The van der Waals surface area contributed by atoms with Crippen LogP contribution < -0.4 is 0 Å². The van der Waals surface area contributed by atoms with E-state index in [1.165, 1.54) is 11.3 Å². The van der Waals surface area contributed by atoms with Gasteiger partial charge in [0.05, 0.1) is 0 Å². The molecule has 17 heavy (non-hydrogen) atoms. The molecule has 1 aromatic heterocycles. The molecular weight excluding hydrogens is 236 g/mol. The van der Waals surface area contributed by atoms with Gasteiger partial charge in [0.1, 0.15) is 6.04 Å². The number of rotatable bonds is 3. The third-order valence-corrected chi connectivity index (χ3v) is 4.33. The minimum atomic E-state index is -0.746. The molecule has 2 heterocycles. The molecule has 1 aromatic rings. The molecule has 0 bridgehead atoms. The number of piperazine rings is 1. The average molecular weight is 254 g/mol. The zero-order valence-electron chi connectivity index (χ0n) is 10.2. The minimum Gasteiger partial charge on any atom is -0.480 e. The molecule has 0 aliphatic carbocycles. The highest BCUT2D eigenvalue weighted by Gasteiger charge is 2.32. The van der Waals surface area contributed by atoms with Crippen LogP contribution in [0.2, 0.25) is 0 Å². The molecule has 1 aliphatic heterocycles. The Balaban J connectivity index is 2.15. The molecule has 0 radical (unpaired) electrons. The van der Waals surface area contributed by atoms with Crippen molar-refractivity contribution in [3.63, 3.8) is 0 Å². The quantitative estimate of drug-likeness (QED) is 0.888. The highest BCUT2D eigenvalue weighted by molar-refractivity contribution is 7.10. The average Bonchev–Trinajstić information content (AvgIpc) is 2.76. The normalized spacial score (nSPS) is 24.7. The third-order valence-electron chi connectivity index (χ3n) is 3.40. The van der Waals surface area contributed by atoms with Crippen LogP contribution in [0, 0.1) is 0 Å². The van der Waals surface area contributed by atoms with Gasteiger partial charge in [-0.05, 0) is 25.4 Å². The largest absolute Gasteiger partial charge is 0.480 e. The van der Waals surface area contributed by atoms with Gasteiger partial charge in [-0.1, -0.05) is 6.07 Å². The molecular formula is C12H18N2O2S. The van der Waals surface area contributed by atoms with Gasteiger partial charge in [-0.2, -0.15) is 0 Å². The van der Waals surface area contributed by atoms with Crippen LogP contribution in [0.5, 0.6) is 0 Å². The van der Waals surface area contributed by atoms with Crippen molar-refractivity contribution in [1.29, 1.82) is 0 Å². The lowest BCUT2D eigenvalue weighted by Crippen LogP contribution is -2.52. The van der Waals surface area contributed by atoms with E-state index < -0.39 is 12.0 Å². The van der Waals surface area contributed by atoms with Gasteiger partial charge in [0.2, 0.25) is 0 Å². The Morgan fingerprint density at radius 2 is 2.35 bits per heavy atom. The number of carboxylic acids is 1. The Kier molecular flexibility index (Phi) is 3.81. The highest BCUT2D eigenvalue weighted by Crippen LogP contribution is 2.27. The summed E-state index contributed by atoms with van der Waals surface area (Å²) in [7, 11) is 2.09. The van der Waals surface area contributed by atoms with E-state index in [0.29, 0.717) is 6.04 Å². The lowest BCUT2D eigenvalue weighted by molar-refractivity contribution is -0.144. The molecule has 2 atom stereocenters. The van der Waals surface area contributed by atoms with Crippen LogP contribution in [0.3, 0.4) is 0 Å². The first-order valence-corrected chi connectivity index (χ1v) is 6.68. The van der Waals surface area contributed by atoms with Crippen molar-refractivity contribution in [1.82, 2.24) is 9.80 Å². The van der Waals surface area contributed by atoms with Gasteiger partial charge in [-0.3, -0.25) is 9.69 Å². The lowest BCUT2D eigenvalue weighted by atomic mass is 10.1. The van der Waals surface area contributed by atoms with Gasteiger partial charge >= 0.3 is 5.97 Å². The van der Waals surface area contributed by atoms with Crippen LogP contribution in [0.1, 0.15) is 17.8 Å². The predicted octanol–water partition coefficient (Wildman–Crippen LogP) is 1.51. The zero-order chi connectivity index (χ0) is 12.4. The van der Waals surface area contributed by atoms with Crippen LogP contribution in [-0.4, -0.2) is 53.6 Å². The maximum absolute atomic E-state index is 11.4. The first-order valence-electron chi connectivity index (χ1n) is 5.80. The topological polar surface area (TPSA) is 43.8 Å². The SMILES string of the molecule is CC1CN(C(C(=O)O)c2cccs2)CCN1C. The molecule has 1 aliphatic rings. The monoisotopic (exact) mass is 254 g/mol. The summed E-state index contributed by atoms with van der Waals surface area (Å²) in [4.78, 5) is 16.7. The Morgan fingerprint density at radius 3 is 2.88 bits per heavy atom. The van der Waals surface area contributed by atoms with Crippen molar-refractivity contribution in [3.05, 3.63) is 22.4 Å². The Morgan fingerprint density at radius 1 is 1.59 bits per heavy atom. The number of likely N-dealkylation sites (N-methyl/N-ethyl adjacent to an activating group) is 1. The van der Waals surface area contributed by atoms with Crippen molar-refractivity contribution >= 4 is 17.3 Å². The second kappa shape index (κ2) is 5.16. The van der Waals surface area contributed by atoms with Crippen LogP contribution in [-0.2, 0) is 4.79 Å². The van der Waals surface area contributed by atoms with Crippen LogP contribution in [0.15, 0.2) is 17.5 Å². The van der Waals surface area contributed by atoms with Gasteiger partial charge in [0, 0.05) is 30.6 Å². The number of hydrogen-bond acceptors (Lipinski definition) is 4. The van der Waals surface area contributed by atoms with E-state index in [-0.39, 0.29) is 0 Å². The molecule has 4 nitrogen and oxygen atoms in total. The van der Waals surface area contributed by atoms with Gasteiger partial charge in [0.25, 0.3) is 0 Å². The number of nitrogens with zero attached hydrogens (tertiary/aromatic N) is 2. The van der Waals surface area contributed by atoms with Crippen molar-refractivity contribution < 1.29 is 9.90 Å². The molecule has 0 saturated carbocycles. The Bertz CT molecular complexity index is 380. The minimum absolute atomic E-state index is 0.408. The van der Waals surface area contributed by atoms with Gasteiger partial charge in [-0.15, -0.1) is 11.3 Å². The summed E-state index contributed by atoms with van der Waals surface area (Å²) >= 11 is 1.52. The van der Waals surface area contributed by atoms with Crippen LogP contribution in [0.4, 0.5) is 0 Å². The number of aliphatic carboxylic acids is 1. The summed E-state index contributed by atoms with van der Waals surface area (Å²) in [6, 6.07) is 3.75. The van der Waals surface area contributed by atoms with Crippen molar-refractivity contribution in [2.24, 2.45) is 0 Å². The van der Waals surface area contributed by atoms with Gasteiger partial charge < -0.3 is 10.0 Å². The van der Waals surface area contributed by atoms with Crippen molar-refractivity contribution in [2.75, 3.05) is 26.7 Å². The Hall–Kier alpha value is -0.910. The van der Waals surface area contributed by atoms with Gasteiger partial charge in [-0.25, -0.2) is 0 Å². The lowest BCUT2D eigenvalue weighted by Gasteiger charge is -2.40. The molecule has 1 saturated heterocycles. The molecule has 5 heteroatoms. The van der Waals surface area contributed by atoms with Crippen LogP contribution >= 0.6 is 11.3 Å². The molecule has 0 amide bonds. The van der Waals surface area contributed by atoms with Crippen molar-refractivity contribution in [2.45, 2.75) is 19.0 Å². The number of hydrogen-bond donors (Lipinski definition) is 1. The molecule has 94 valence electrons.